The molecule has 3 aromatic rings. The van der Waals surface area contributed by atoms with E-state index < -0.39 is 0 Å². The van der Waals surface area contributed by atoms with Crippen molar-refractivity contribution in [1.29, 1.82) is 0 Å². The number of hydrogen-bond acceptors (Lipinski definition) is 7. The van der Waals surface area contributed by atoms with Gasteiger partial charge in [-0.05, 0) is 44.7 Å². The molecule has 0 bridgehead atoms. The van der Waals surface area contributed by atoms with Gasteiger partial charge in [0.2, 0.25) is 0 Å². The summed E-state index contributed by atoms with van der Waals surface area (Å²) in [6, 6.07) is 3.42. The number of likely N-dealkylation sites (tertiary alicyclic amines) is 1. The maximum absolute atomic E-state index is 12.5. The maximum Gasteiger partial charge on any atom is 0.274 e. The first-order chi connectivity index (χ1) is 13.1. The molecule has 0 saturated carbocycles. The Kier molecular flexibility index (Phi) is 4.62. The van der Waals surface area contributed by atoms with Gasteiger partial charge in [-0.3, -0.25) is 9.78 Å². The van der Waals surface area contributed by atoms with Crippen LogP contribution in [0.3, 0.4) is 0 Å². The number of carbonyl (C=O) groups excluding carboxylic acids is 1. The highest BCUT2D eigenvalue weighted by Gasteiger charge is 2.28. The van der Waals surface area contributed by atoms with E-state index >= 15 is 0 Å². The van der Waals surface area contributed by atoms with Crippen LogP contribution >= 0.6 is 0 Å². The molecule has 0 aromatic carbocycles. The van der Waals surface area contributed by atoms with Gasteiger partial charge in [-0.25, -0.2) is 4.98 Å². The lowest BCUT2D eigenvalue weighted by Crippen LogP contribution is -2.29. The first kappa shape index (κ1) is 17.3. The van der Waals surface area contributed by atoms with Crippen molar-refractivity contribution in [2.24, 2.45) is 5.92 Å². The number of hydrogen-bond donors (Lipinski definition) is 0. The van der Waals surface area contributed by atoms with Gasteiger partial charge in [0, 0.05) is 25.5 Å². The number of aryl methyl sites for hydroxylation is 2. The molecule has 0 N–H and O–H groups in total. The van der Waals surface area contributed by atoms with Crippen LogP contribution in [0.5, 0.6) is 0 Å². The molecule has 8 nitrogen and oxygen atoms in total. The Balaban J connectivity index is 1.45. The molecule has 4 heterocycles. The average Bonchev–Trinajstić information content (AvgIpc) is 3.28. The largest absolute Gasteiger partial charge is 0.361 e. The fourth-order valence-electron chi connectivity index (χ4n) is 3.53. The van der Waals surface area contributed by atoms with Crippen LogP contribution in [0.15, 0.2) is 35.2 Å². The molecule has 1 atom stereocenters. The zero-order valence-corrected chi connectivity index (χ0v) is 15.3. The number of aromatic nitrogens is 5. The summed E-state index contributed by atoms with van der Waals surface area (Å²) in [5.41, 5.74) is 3.77. The van der Waals surface area contributed by atoms with Crippen LogP contribution in [-0.2, 0) is 6.42 Å². The molecule has 0 radical (unpaired) electrons. The molecule has 1 aliphatic rings. The molecule has 1 amide bonds. The standard InChI is InChI=1S/C19H20N6O2/c1-12-18(13(2)27-24-12)17-10-20-9-15(22-17)8-14-5-7-25(11-14)19(26)16-4-3-6-21-23-16/h3-4,6,9-10,14H,5,7-8,11H2,1-2H3/t14-/m1/s1. The second-order valence-corrected chi connectivity index (χ2v) is 6.81. The van der Waals surface area contributed by atoms with Crippen molar-refractivity contribution in [1.82, 2.24) is 30.2 Å². The Morgan fingerprint density at radius 1 is 1.33 bits per heavy atom. The van der Waals surface area contributed by atoms with Gasteiger partial charge in [-0.2, -0.15) is 5.10 Å². The smallest absolute Gasteiger partial charge is 0.274 e. The van der Waals surface area contributed by atoms with E-state index in [1.165, 1.54) is 0 Å². The molecule has 0 aliphatic carbocycles. The number of carbonyl (C=O) groups is 1. The van der Waals surface area contributed by atoms with E-state index in [1.54, 1.807) is 30.7 Å². The summed E-state index contributed by atoms with van der Waals surface area (Å²) >= 11 is 0. The Morgan fingerprint density at radius 3 is 2.96 bits per heavy atom. The normalized spacial score (nSPS) is 16.7. The van der Waals surface area contributed by atoms with E-state index in [1.807, 2.05) is 18.7 Å². The summed E-state index contributed by atoms with van der Waals surface area (Å²) in [5.74, 6) is 1.02. The summed E-state index contributed by atoms with van der Waals surface area (Å²) in [5, 5.41) is 11.7. The van der Waals surface area contributed by atoms with Gasteiger partial charge in [0.05, 0.1) is 28.8 Å². The van der Waals surface area contributed by atoms with Crippen LogP contribution in [0.1, 0.15) is 34.1 Å². The van der Waals surface area contributed by atoms with Gasteiger partial charge < -0.3 is 9.42 Å². The van der Waals surface area contributed by atoms with Crippen molar-refractivity contribution in [3.63, 3.8) is 0 Å². The fourth-order valence-corrected chi connectivity index (χ4v) is 3.53. The van der Waals surface area contributed by atoms with E-state index in [2.05, 4.69) is 20.3 Å². The molecule has 1 aliphatic heterocycles. The first-order valence-electron chi connectivity index (χ1n) is 8.93. The second kappa shape index (κ2) is 7.22. The minimum atomic E-state index is -0.0684. The van der Waals surface area contributed by atoms with Crippen molar-refractivity contribution >= 4 is 5.91 Å². The lowest BCUT2D eigenvalue weighted by Gasteiger charge is -2.15. The topological polar surface area (TPSA) is 97.9 Å². The van der Waals surface area contributed by atoms with Crippen LogP contribution < -0.4 is 0 Å². The molecule has 27 heavy (non-hydrogen) atoms. The Bertz CT molecular complexity index is 936. The number of nitrogens with zero attached hydrogens (tertiary/aromatic N) is 6. The molecule has 4 rings (SSSR count). The zero-order valence-electron chi connectivity index (χ0n) is 15.3. The number of rotatable bonds is 4. The number of amides is 1. The SMILES string of the molecule is Cc1noc(C)c1-c1cncc(C[C@H]2CCN(C(=O)c3cccnn3)C2)n1. The predicted octanol–water partition coefficient (Wildman–Crippen LogP) is 2.24. The molecule has 1 saturated heterocycles. The summed E-state index contributed by atoms with van der Waals surface area (Å²) in [4.78, 5) is 23.4. The van der Waals surface area contributed by atoms with Gasteiger partial charge in [0.15, 0.2) is 5.69 Å². The molecule has 0 unspecified atom stereocenters. The zero-order chi connectivity index (χ0) is 18.8. The van der Waals surface area contributed by atoms with Gasteiger partial charge >= 0.3 is 0 Å². The van der Waals surface area contributed by atoms with E-state index in [9.17, 15) is 4.79 Å². The first-order valence-corrected chi connectivity index (χ1v) is 8.93. The summed E-state index contributed by atoms with van der Waals surface area (Å²) in [6.45, 7) is 5.17. The van der Waals surface area contributed by atoms with Crippen LogP contribution in [0, 0.1) is 19.8 Å². The van der Waals surface area contributed by atoms with Crippen LogP contribution in [-0.4, -0.2) is 49.2 Å². The van der Waals surface area contributed by atoms with Crippen LogP contribution in [0.2, 0.25) is 0 Å². The second-order valence-electron chi connectivity index (χ2n) is 6.81. The van der Waals surface area contributed by atoms with Crippen LogP contribution in [0.4, 0.5) is 0 Å². The van der Waals surface area contributed by atoms with Crippen molar-refractivity contribution in [2.45, 2.75) is 26.7 Å². The highest BCUT2D eigenvalue weighted by molar-refractivity contribution is 5.92. The minimum Gasteiger partial charge on any atom is -0.361 e. The molecular formula is C19H20N6O2. The fraction of sp³-hybridized carbons (Fsp3) is 0.368. The molecule has 8 heteroatoms. The molecule has 138 valence electrons. The van der Waals surface area contributed by atoms with Crippen molar-refractivity contribution in [3.8, 4) is 11.3 Å². The monoisotopic (exact) mass is 364 g/mol. The quantitative estimate of drug-likeness (QED) is 0.700. The van der Waals surface area contributed by atoms with E-state index in [0.29, 0.717) is 18.2 Å². The Labute approximate surface area is 156 Å². The average molecular weight is 364 g/mol. The highest BCUT2D eigenvalue weighted by atomic mass is 16.5. The molecule has 0 spiro atoms. The van der Waals surface area contributed by atoms with Gasteiger partial charge in [0.1, 0.15) is 5.76 Å². The lowest BCUT2D eigenvalue weighted by atomic mass is 10.0. The third-order valence-electron chi connectivity index (χ3n) is 4.84. The van der Waals surface area contributed by atoms with Crippen LogP contribution in [0.25, 0.3) is 11.3 Å². The summed E-state index contributed by atoms with van der Waals surface area (Å²) in [7, 11) is 0. The Hall–Kier alpha value is -3.16. The predicted molar refractivity (Wildman–Crippen MR) is 96.7 cm³/mol. The minimum absolute atomic E-state index is 0.0684. The van der Waals surface area contributed by atoms with Gasteiger partial charge in [0.25, 0.3) is 5.91 Å². The van der Waals surface area contributed by atoms with Crippen molar-refractivity contribution in [3.05, 3.63) is 53.6 Å². The maximum atomic E-state index is 12.5. The van der Waals surface area contributed by atoms with Crippen molar-refractivity contribution in [2.75, 3.05) is 13.1 Å². The van der Waals surface area contributed by atoms with E-state index in [0.717, 1.165) is 47.8 Å². The van der Waals surface area contributed by atoms with E-state index in [4.69, 9.17) is 9.51 Å². The van der Waals surface area contributed by atoms with Gasteiger partial charge in [-0.1, -0.05) is 5.16 Å². The molecule has 1 fully saturated rings. The summed E-state index contributed by atoms with van der Waals surface area (Å²) in [6.07, 6.45) is 6.79. The summed E-state index contributed by atoms with van der Waals surface area (Å²) < 4.78 is 5.23. The van der Waals surface area contributed by atoms with Gasteiger partial charge in [-0.15, -0.1) is 5.10 Å². The van der Waals surface area contributed by atoms with Crippen molar-refractivity contribution < 1.29 is 9.32 Å². The third-order valence-corrected chi connectivity index (χ3v) is 4.84. The van der Waals surface area contributed by atoms with E-state index in [-0.39, 0.29) is 5.91 Å². The third kappa shape index (κ3) is 3.55. The highest BCUT2D eigenvalue weighted by Crippen LogP contribution is 2.26. The Morgan fingerprint density at radius 2 is 2.22 bits per heavy atom. The lowest BCUT2D eigenvalue weighted by molar-refractivity contribution is 0.0780. The molecule has 3 aromatic heterocycles. The molecular weight excluding hydrogens is 344 g/mol.